The van der Waals surface area contributed by atoms with Gasteiger partial charge >= 0.3 is 0 Å². The molecule has 5 heteroatoms. The van der Waals surface area contributed by atoms with Crippen molar-refractivity contribution in [3.63, 3.8) is 0 Å². The average molecular weight is 347 g/mol. The van der Waals surface area contributed by atoms with Crippen LogP contribution in [-0.2, 0) is 0 Å². The lowest BCUT2D eigenvalue weighted by atomic mass is 10.0. The van der Waals surface area contributed by atoms with Gasteiger partial charge in [0.2, 0.25) is 0 Å². The Labute approximate surface area is 152 Å². The van der Waals surface area contributed by atoms with Crippen molar-refractivity contribution < 1.29 is 9.53 Å². The number of benzene rings is 3. The van der Waals surface area contributed by atoms with Gasteiger partial charge in [-0.3, -0.25) is 4.79 Å². The van der Waals surface area contributed by atoms with E-state index >= 15 is 0 Å². The number of hydrogen-bond donors (Lipinski definition) is 2. The molecule has 0 aliphatic rings. The van der Waals surface area contributed by atoms with Gasteiger partial charge < -0.3 is 15.9 Å². The summed E-state index contributed by atoms with van der Waals surface area (Å²) in [5.74, 6) is 5.77. The zero-order valence-electron chi connectivity index (χ0n) is 14.6. The van der Waals surface area contributed by atoms with E-state index in [9.17, 15) is 4.79 Å². The normalized spacial score (nSPS) is 11.0. The van der Waals surface area contributed by atoms with E-state index in [0.29, 0.717) is 17.9 Å². The summed E-state index contributed by atoms with van der Waals surface area (Å²) in [5.41, 5.74) is 2.22. The Morgan fingerprint density at radius 1 is 1.12 bits per heavy atom. The number of carbonyl (C=O) groups excluding carboxylic acids is 1. The van der Waals surface area contributed by atoms with Crippen molar-refractivity contribution in [3.05, 3.63) is 71.8 Å². The second-order valence-electron chi connectivity index (χ2n) is 5.93. The number of nitrogens with two attached hydrogens (primary N) is 1. The zero-order valence-corrected chi connectivity index (χ0v) is 14.6. The summed E-state index contributed by atoms with van der Waals surface area (Å²) in [6, 6.07) is 18.8. The van der Waals surface area contributed by atoms with E-state index in [1.807, 2.05) is 54.6 Å². The first kappa shape index (κ1) is 17.5. The number of fused-ring (bicyclic) bond motifs is 1. The predicted molar refractivity (Wildman–Crippen MR) is 106 cm³/mol. The molecule has 0 saturated carbocycles. The van der Waals surface area contributed by atoms with Crippen molar-refractivity contribution in [2.75, 3.05) is 11.9 Å². The van der Waals surface area contributed by atoms with Crippen molar-refractivity contribution >= 4 is 28.6 Å². The molecular weight excluding hydrogens is 326 g/mol. The lowest BCUT2D eigenvalue weighted by molar-refractivity contribution is 0.102. The van der Waals surface area contributed by atoms with E-state index in [1.165, 1.54) is 0 Å². The molecule has 5 nitrogen and oxygen atoms in total. The summed E-state index contributed by atoms with van der Waals surface area (Å²) in [6.45, 7) is 2.70. The number of hydrazone groups is 1. The molecule has 3 N–H and O–H groups in total. The van der Waals surface area contributed by atoms with Crippen LogP contribution in [0.3, 0.4) is 0 Å². The van der Waals surface area contributed by atoms with Gasteiger partial charge in [-0.25, -0.2) is 0 Å². The molecule has 0 aliphatic carbocycles. The molecule has 0 bridgehead atoms. The van der Waals surface area contributed by atoms with Gasteiger partial charge in [-0.2, -0.15) is 5.10 Å². The largest absolute Gasteiger partial charge is 0.494 e. The smallest absolute Gasteiger partial charge is 0.255 e. The van der Waals surface area contributed by atoms with Crippen molar-refractivity contribution in [2.45, 2.75) is 13.3 Å². The van der Waals surface area contributed by atoms with Gasteiger partial charge in [-0.1, -0.05) is 31.2 Å². The minimum absolute atomic E-state index is 0.160. The molecule has 0 heterocycles. The summed E-state index contributed by atoms with van der Waals surface area (Å²) in [4.78, 5) is 12.6. The van der Waals surface area contributed by atoms with Crippen LogP contribution >= 0.6 is 0 Å². The highest BCUT2D eigenvalue weighted by Gasteiger charge is 2.08. The van der Waals surface area contributed by atoms with Crippen molar-refractivity contribution in [1.82, 2.24) is 0 Å². The van der Waals surface area contributed by atoms with E-state index in [4.69, 9.17) is 10.6 Å². The summed E-state index contributed by atoms with van der Waals surface area (Å²) >= 11 is 0. The SMILES string of the molecule is CCCOc1cccc(NC(=O)c2ccc3cc(C=NN)ccc3c2)c1. The summed E-state index contributed by atoms with van der Waals surface area (Å²) in [7, 11) is 0. The van der Waals surface area contributed by atoms with Gasteiger partial charge in [0, 0.05) is 17.3 Å². The zero-order chi connectivity index (χ0) is 18.4. The number of hydrogen-bond acceptors (Lipinski definition) is 4. The van der Waals surface area contributed by atoms with Crippen LogP contribution in [0.15, 0.2) is 65.8 Å². The fourth-order valence-electron chi connectivity index (χ4n) is 2.66. The maximum absolute atomic E-state index is 12.6. The third kappa shape index (κ3) is 4.19. The highest BCUT2D eigenvalue weighted by Crippen LogP contribution is 2.21. The van der Waals surface area contributed by atoms with E-state index in [-0.39, 0.29) is 5.91 Å². The molecule has 1 amide bonds. The Balaban J connectivity index is 1.78. The summed E-state index contributed by atoms with van der Waals surface area (Å²) in [5, 5.41) is 8.45. The minimum Gasteiger partial charge on any atom is -0.494 e. The third-order valence-electron chi connectivity index (χ3n) is 3.91. The number of nitrogens with zero attached hydrogens (tertiary/aromatic N) is 1. The molecular formula is C21H21N3O2. The summed E-state index contributed by atoms with van der Waals surface area (Å²) in [6.07, 6.45) is 2.53. The highest BCUT2D eigenvalue weighted by molar-refractivity contribution is 6.06. The quantitative estimate of drug-likeness (QED) is 0.399. The first-order chi connectivity index (χ1) is 12.7. The first-order valence-electron chi connectivity index (χ1n) is 8.51. The van der Waals surface area contributed by atoms with Gasteiger partial charge in [0.05, 0.1) is 12.8 Å². The molecule has 132 valence electrons. The number of rotatable bonds is 6. The maximum atomic E-state index is 12.6. The van der Waals surface area contributed by atoms with Gasteiger partial charge in [0.25, 0.3) is 5.91 Å². The number of anilines is 1. The van der Waals surface area contributed by atoms with Crippen LogP contribution in [0.5, 0.6) is 5.75 Å². The Morgan fingerprint density at radius 2 is 1.92 bits per heavy atom. The van der Waals surface area contributed by atoms with Crippen molar-refractivity contribution in [3.8, 4) is 5.75 Å². The summed E-state index contributed by atoms with van der Waals surface area (Å²) < 4.78 is 5.60. The number of carbonyl (C=O) groups is 1. The van der Waals surface area contributed by atoms with Gasteiger partial charge in [-0.15, -0.1) is 0 Å². The fourth-order valence-corrected chi connectivity index (χ4v) is 2.66. The van der Waals surface area contributed by atoms with Crippen LogP contribution in [0, 0.1) is 0 Å². The molecule has 0 fully saturated rings. The van der Waals surface area contributed by atoms with Crippen LogP contribution in [0.1, 0.15) is 29.3 Å². The van der Waals surface area contributed by atoms with Crippen LogP contribution in [-0.4, -0.2) is 18.7 Å². The molecule has 3 aromatic carbocycles. The van der Waals surface area contributed by atoms with Gasteiger partial charge in [0.1, 0.15) is 5.75 Å². The Bertz CT molecular complexity index is 951. The molecule has 26 heavy (non-hydrogen) atoms. The molecule has 0 unspecified atom stereocenters. The molecule has 0 aromatic heterocycles. The number of ether oxygens (including phenoxy) is 1. The molecule has 0 aliphatic heterocycles. The topological polar surface area (TPSA) is 76.7 Å². The lowest BCUT2D eigenvalue weighted by Gasteiger charge is -2.09. The number of amides is 1. The van der Waals surface area contributed by atoms with E-state index in [0.717, 1.165) is 28.5 Å². The van der Waals surface area contributed by atoms with Crippen molar-refractivity contribution in [1.29, 1.82) is 0 Å². The molecule has 0 radical (unpaired) electrons. The van der Waals surface area contributed by atoms with E-state index in [2.05, 4.69) is 17.3 Å². The van der Waals surface area contributed by atoms with Crippen LogP contribution < -0.4 is 15.9 Å². The maximum Gasteiger partial charge on any atom is 0.255 e. The highest BCUT2D eigenvalue weighted by atomic mass is 16.5. The second kappa shape index (κ2) is 8.16. The molecule has 0 saturated heterocycles. The third-order valence-corrected chi connectivity index (χ3v) is 3.91. The monoisotopic (exact) mass is 347 g/mol. The minimum atomic E-state index is -0.160. The van der Waals surface area contributed by atoms with E-state index < -0.39 is 0 Å². The first-order valence-corrected chi connectivity index (χ1v) is 8.51. The number of nitrogens with one attached hydrogen (secondary N) is 1. The molecule has 3 aromatic rings. The molecule has 0 atom stereocenters. The average Bonchev–Trinajstić information content (AvgIpc) is 2.66. The van der Waals surface area contributed by atoms with Gasteiger partial charge in [0.15, 0.2) is 0 Å². The fraction of sp³-hybridized carbons (Fsp3) is 0.143. The van der Waals surface area contributed by atoms with Crippen LogP contribution in [0.25, 0.3) is 10.8 Å². The predicted octanol–water partition coefficient (Wildman–Crippen LogP) is 4.17. The van der Waals surface area contributed by atoms with Crippen molar-refractivity contribution in [2.24, 2.45) is 10.9 Å². The van der Waals surface area contributed by atoms with E-state index in [1.54, 1.807) is 12.3 Å². The van der Waals surface area contributed by atoms with Crippen LogP contribution in [0.4, 0.5) is 5.69 Å². The van der Waals surface area contributed by atoms with Gasteiger partial charge in [-0.05, 0) is 53.1 Å². The molecule has 3 rings (SSSR count). The van der Waals surface area contributed by atoms with Crippen LogP contribution in [0.2, 0.25) is 0 Å². The Kier molecular flexibility index (Phi) is 5.49. The standard InChI is InChI=1S/C21H21N3O2/c1-2-10-26-20-5-3-4-19(13-20)24-21(25)18-9-8-16-11-15(14-23-22)6-7-17(16)12-18/h3-9,11-14H,2,10,22H2,1H3,(H,24,25). The molecule has 0 spiro atoms. The Hall–Kier alpha value is -3.34. The second-order valence-corrected chi connectivity index (χ2v) is 5.93. The lowest BCUT2D eigenvalue weighted by Crippen LogP contribution is -2.11. The Morgan fingerprint density at radius 3 is 2.73 bits per heavy atom.